The van der Waals surface area contributed by atoms with Crippen LogP contribution in [-0.4, -0.2) is 42.8 Å². The molecule has 1 aromatic rings. The van der Waals surface area contributed by atoms with Crippen LogP contribution in [0.4, 0.5) is 17.3 Å². The normalized spacial score (nSPS) is 12.0. The van der Waals surface area contributed by atoms with Crippen molar-refractivity contribution < 1.29 is 9.66 Å². The van der Waals surface area contributed by atoms with Gasteiger partial charge < -0.3 is 15.0 Å². The molecule has 0 aromatic carbocycles. The first-order valence-corrected chi connectivity index (χ1v) is 7.19. The highest BCUT2D eigenvalue weighted by atomic mass is 16.6. The number of rotatable bonds is 9. The second-order valence-electron chi connectivity index (χ2n) is 4.80. The van der Waals surface area contributed by atoms with E-state index in [2.05, 4.69) is 24.1 Å². The molecule has 0 fully saturated rings. The maximum atomic E-state index is 11.1. The van der Waals surface area contributed by atoms with E-state index in [4.69, 9.17) is 4.74 Å². The summed E-state index contributed by atoms with van der Waals surface area (Å²) in [5.74, 6) is 1.12. The van der Waals surface area contributed by atoms with Gasteiger partial charge in [-0.2, -0.15) is 0 Å². The van der Waals surface area contributed by atoms with E-state index in [1.54, 1.807) is 7.11 Å². The van der Waals surface area contributed by atoms with E-state index >= 15 is 0 Å². The van der Waals surface area contributed by atoms with Crippen molar-refractivity contribution in [2.24, 2.45) is 0 Å². The standard InChI is InChI=1S/C14H24N4O3/c1-5-11(3)17(7-8-21-4)14-10-12(18(19)20)9-13(16-14)15-6-2/h9-11H,5-8H2,1-4H3,(H,15,16). The fraction of sp³-hybridized carbons (Fsp3) is 0.643. The summed E-state index contributed by atoms with van der Waals surface area (Å²) in [7, 11) is 1.64. The van der Waals surface area contributed by atoms with Crippen LogP contribution in [0.15, 0.2) is 12.1 Å². The summed E-state index contributed by atoms with van der Waals surface area (Å²) in [6.07, 6.45) is 0.921. The fourth-order valence-electron chi connectivity index (χ4n) is 2.00. The van der Waals surface area contributed by atoms with Crippen LogP contribution in [0, 0.1) is 10.1 Å². The molecular formula is C14H24N4O3. The van der Waals surface area contributed by atoms with Gasteiger partial charge in [-0.05, 0) is 20.3 Å². The molecule has 1 unspecified atom stereocenters. The van der Waals surface area contributed by atoms with Crippen molar-refractivity contribution in [3.63, 3.8) is 0 Å². The monoisotopic (exact) mass is 296 g/mol. The van der Waals surface area contributed by atoms with Crippen molar-refractivity contribution in [1.29, 1.82) is 0 Å². The van der Waals surface area contributed by atoms with Crippen LogP contribution in [0.1, 0.15) is 27.2 Å². The number of pyridine rings is 1. The lowest BCUT2D eigenvalue weighted by atomic mass is 10.2. The number of nitrogens with one attached hydrogen (secondary N) is 1. The highest BCUT2D eigenvalue weighted by Gasteiger charge is 2.19. The third-order valence-electron chi connectivity index (χ3n) is 3.32. The predicted molar refractivity (Wildman–Crippen MR) is 84.0 cm³/mol. The van der Waals surface area contributed by atoms with E-state index in [0.717, 1.165) is 6.42 Å². The Hall–Kier alpha value is -1.89. The van der Waals surface area contributed by atoms with Crippen molar-refractivity contribution in [1.82, 2.24) is 4.98 Å². The third kappa shape index (κ3) is 4.86. The molecule has 1 heterocycles. The molecule has 0 saturated carbocycles. The van der Waals surface area contributed by atoms with Gasteiger partial charge in [-0.15, -0.1) is 0 Å². The van der Waals surface area contributed by atoms with Crippen molar-refractivity contribution in [2.45, 2.75) is 33.2 Å². The summed E-state index contributed by atoms with van der Waals surface area (Å²) >= 11 is 0. The SMILES string of the molecule is CCNc1cc([N+](=O)[O-])cc(N(CCOC)C(C)CC)n1. The van der Waals surface area contributed by atoms with Gasteiger partial charge >= 0.3 is 0 Å². The van der Waals surface area contributed by atoms with Gasteiger partial charge in [0.1, 0.15) is 11.6 Å². The number of methoxy groups -OCH3 is 1. The van der Waals surface area contributed by atoms with Crippen molar-refractivity contribution in [3.8, 4) is 0 Å². The van der Waals surface area contributed by atoms with Gasteiger partial charge in [0.15, 0.2) is 0 Å². The molecule has 0 aliphatic heterocycles. The summed E-state index contributed by atoms with van der Waals surface area (Å²) < 4.78 is 5.12. The van der Waals surface area contributed by atoms with Crippen molar-refractivity contribution in [3.05, 3.63) is 22.2 Å². The minimum Gasteiger partial charge on any atom is -0.383 e. The number of nitrogens with zero attached hydrogens (tertiary/aromatic N) is 3. The number of ether oxygens (including phenoxy) is 1. The Morgan fingerprint density at radius 1 is 1.48 bits per heavy atom. The maximum Gasteiger partial charge on any atom is 0.276 e. The van der Waals surface area contributed by atoms with Crippen LogP contribution >= 0.6 is 0 Å². The first kappa shape index (κ1) is 17.2. The van der Waals surface area contributed by atoms with Crippen LogP contribution in [0.3, 0.4) is 0 Å². The van der Waals surface area contributed by atoms with Crippen LogP contribution in [0.25, 0.3) is 0 Å². The number of hydrogen-bond acceptors (Lipinski definition) is 6. The zero-order valence-electron chi connectivity index (χ0n) is 13.1. The van der Waals surface area contributed by atoms with Gasteiger partial charge in [-0.1, -0.05) is 6.92 Å². The summed E-state index contributed by atoms with van der Waals surface area (Å²) in [5, 5.41) is 14.1. The van der Waals surface area contributed by atoms with Gasteiger partial charge in [0.2, 0.25) is 0 Å². The lowest BCUT2D eigenvalue weighted by Crippen LogP contribution is -2.36. The Balaban J connectivity index is 3.17. The van der Waals surface area contributed by atoms with Gasteiger partial charge in [0.05, 0.1) is 23.7 Å². The zero-order valence-corrected chi connectivity index (χ0v) is 13.1. The molecule has 118 valence electrons. The average Bonchev–Trinajstić information content (AvgIpc) is 2.47. The summed E-state index contributed by atoms with van der Waals surface area (Å²) in [6.45, 7) is 7.93. The lowest BCUT2D eigenvalue weighted by Gasteiger charge is -2.29. The minimum absolute atomic E-state index is 0.0432. The molecule has 0 amide bonds. The molecular weight excluding hydrogens is 272 g/mol. The van der Waals surface area contributed by atoms with Gasteiger partial charge in [-0.25, -0.2) is 4.98 Å². The second-order valence-corrected chi connectivity index (χ2v) is 4.80. The molecule has 0 aliphatic carbocycles. The Morgan fingerprint density at radius 3 is 2.71 bits per heavy atom. The Labute approximate surface area is 125 Å². The first-order chi connectivity index (χ1) is 10.0. The van der Waals surface area contributed by atoms with E-state index in [-0.39, 0.29) is 11.7 Å². The van der Waals surface area contributed by atoms with Crippen molar-refractivity contribution >= 4 is 17.3 Å². The Kier molecular flexibility index (Phi) is 6.87. The predicted octanol–water partition coefficient (Wildman–Crippen LogP) is 2.67. The Morgan fingerprint density at radius 2 is 2.19 bits per heavy atom. The molecule has 0 aliphatic rings. The Bertz CT molecular complexity index is 468. The molecule has 1 N–H and O–H groups in total. The third-order valence-corrected chi connectivity index (χ3v) is 3.32. The fourth-order valence-corrected chi connectivity index (χ4v) is 2.00. The molecule has 0 bridgehead atoms. The number of hydrogen-bond donors (Lipinski definition) is 1. The topological polar surface area (TPSA) is 80.5 Å². The largest absolute Gasteiger partial charge is 0.383 e. The van der Waals surface area contributed by atoms with E-state index in [1.807, 2.05) is 11.8 Å². The minimum atomic E-state index is -0.392. The maximum absolute atomic E-state index is 11.1. The van der Waals surface area contributed by atoms with Crippen LogP contribution in [0.5, 0.6) is 0 Å². The average molecular weight is 296 g/mol. The zero-order chi connectivity index (χ0) is 15.8. The highest BCUT2D eigenvalue weighted by molar-refractivity contribution is 5.56. The molecule has 1 aromatic heterocycles. The number of aromatic nitrogens is 1. The molecule has 0 spiro atoms. The van der Waals surface area contributed by atoms with E-state index in [1.165, 1.54) is 12.1 Å². The van der Waals surface area contributed by atoms with E-state index < -0.39 is 4.92 Å². The summed E-state index contributed by atoms with van der Waals surface area (Å²) in [5.41, 5.74) is 0.0432. The van der Waals surface area contributed by atoms with Crippen LogP contribution in [-0.2, 0) is 4.74 Å². The number of anilines is 2. The summed E-state index contributed by atoms with van der Waals surface area (Å²) in [6, 6.07) is 3.20. The molecule has 0 radical (unpaired) electrons. The van der Waals surface area contributed by atoms with Crippen LogP contribution < -0.4 is 10.2 Å². The molecule has 21 heavy (non-hydrogen) atoms. The van der Waals surface area contributed by atoms with Gasteiger partial charge in [0, 0.05) is 26.2 Å². The molecule has 7 heteroatoms. The first-order valence-electron chi connectivity index (χ1n) is 7.19. The van der Waals surface area contributed by atoms with Gasteiger partial charge in [0.25, 0.3) is 5.69 Å². The van der Waals surface area contributed by atoms with Crippen molar-refractivity contribution in [2.75, 3.05) is 37.0 Å². The molecule has 7 nitrogen and oxygen atoms in total. The summed E-state index contributed by atoms with van der Waals surface area (Å²) in [4.78, 5) is 17.2. The highest BCUT2D eigenvalue weighted by Crippen LogP contribution is 2.25. The van der Waals surface area contributed by atoms with Crippen LogP contribution in [0.2, 0.25) is 0 Å². The molecule has 1 rings (SSSR count). The number of nitro groups is 1. The smallest absolute Gasteiger partial charge is 0.276 e. The lowest BCUT2D eigenvalue weighted by molar-refractivity contribution is -0.384. The van der Waals surface area contributed by atoms with Gasteiger partial charge in [-0.3, -0.25) is 10.1 Å². The van der Waals surface area contributed by atoms with E-state index in [0.29, 0.717) is 31.3 Å². The molecule has 0 saturated heterocycles. The van der Waals surface area contributed by atoms with E-state index in [9.17, 15) is 10.1 Å². The second kappa shape index (κ2) is 8.41. The quantitative estimate of drug-likeness (QED) is 0.557. The molecule has 1 atom stereocenters.